The third-order valence-electron chi connectivity index (χ3n) is 3.97. The topological polar surface area (TPSA) is 58.2 Å². The first-order valence-corrected chi connectivity index (χ1v) is 8.63. The molecule has 4 heteroatoms. The van der Waals surface area contributed by atoms with Gasteiger partial charge in [-0.2, -0.15) is 0 Å². The molecular weight excluding hydrogens is 336 g/mol. The molecule has 0 bridgehead atoms. The molecule has 0 saturated carbocycles. The number of anilines is 2. The maximum atomic E-state index is 12.5. The fraction of sp³-hybridized carbons (Fsp3) is 0.0435. The van der Waals surface area contributed by atoms with E-state index in [1.807, 2.05) is 61.5 Å². The van der Waals surface area contributed by atoms with Gasteiger partial charge < -0.3 is 10.6 Å². The summed E-state index contributed by atoms with van der Waals surface area (Å²) in [5.74, 6) is -0.574. The zero-order valence-corrected chi connectivity index (χ0v) is 15.0. The fourth-order valence-corrected chi connectivity index (χ4v) is 2.53. The van der Waals surface area contributed by atoms with Gasteiger partial charge in [-0.1, -0.05) is 60.2 Å². The van der Waals surface area contributed by atoms with E-state index in [-0.39, 0.29) is 11.8 Å². The molecule has 0 saturated heterocycles. The van der Waals surface area contributed by atoms with Crippen molar-refractivity contribution in [3.63, 3.8) is 0 Å². The van der Waals surface area contributed by atoms with Gasteiger partial charge in [-0.15, -0.1) is 0 Å². The average Bonchev–Trinajstić information content (AvgIpc) is 2.69. The normalized spacial score (nSPS) is 10.6. The predicted molar refractivity (Wildman–Crippen MR) is 110 cm³/mol. The number of amides is 2. The number of hydrogen-bond donors (Lipinski definition) is 2. The van der Waals surface area contributed by atoms with Crippen molar-refractivity contribution in [1.29, 1.82) is 0 Å². The first-order valence-electron chi connectivity index (χ1n) is 8.63. The minimum atomic E-state index is -0.296. The van der Waals surface area contributed by atoms with E-state index >= 15 is 0 Å². The Balaban J connectivity index is 1.70. The van der Waals surface area contributed by atoms with Crippen LogP contribution in [0.5, 0.6) is 0 Å². The molecule has 134 valence electrons. The maximum absolute atomic E-state index is 12.5. The molecule has 3 aromatic rings. The Kier molecular flexibility index (Phi) is 5.80. The van der Waals surface area contributed by atoms with Gasteiger partial charge in [0.05, 0.1) is 11.3 Å². The summed E-state index contributed by atoms with van der Waals surface area (Å²) < 4.78 is 0. The summed E-state index contributed by atoms with van der Waals surface area (Å²) in [5, 5.41) is 5.60. The van der Waals surface area contributed by atoms with Gasteiger partial charge in [0.15, 0.2) is 0 Å². The Morgan fingerprint density at radius 2 is 1.44 bits per heavy atom. The Labute approximate surface area is 158 Å². The average molecular weight is 356 g/mol. The van der Waals surface area contributed by atoms with E-state index in [0.717, 1.165) is 11.1 Å². The van der Waals surface area contributed by atoms with Crippen LogP contribution in [0.1, 0.15) is 21.5 Å². The number of hydrogen-bond acceptors (Lipinski definition) is 2. The van der Waals surface area contributed by atoms with Crippen LogP contribution in [0, 0.1) is 6.92 Å². The predicted octanol–water partition coefficient (Wildman–Crippen LogP) is 4.90. The van der Waals surface area contributed by atoms with Crippen molar-refractivity contribution in [1.82, 2.24) is 0 Å². The molecule has 0 fully saturated rings. The molecule has 0 aliphatic heterocycles. The van der Waals surface area contributed by atoms with Crippen molar-refractivity contribution in [3.05, 3.63) is 102 Å². The van der Waals surface area contributed by atoms with Crippen molar-refractivity contribution in [2.24, 2.45) is 0 Å². The molecule has 0 radical (unpaired) electrons. The zero-order chi connectivity index (χ0) is 19.1. The molecule has 0 spiro atoms. The van der Waals surface area contributed by atoms with Crippen LogP contribution in [-0.4, -0.2) is 11.8 Å². The van der Waals surface area contributed by atoms with Gasteiger partial charge in [-0.3, -0.25) is 9.59 Å². The molecule has 0 atom stereocenters. The largest absolute Gasteiger partial charge is 0.322 e. The van der Waals surface area contributed by atoms with Gasteiger partial charge in [-0.05, 0) is 42.8 Å². The molecule has 0 aliphatic carbocycles. The Bertz CT molecular complexity index is 961. The summed E-state index contributed by atoms with van der Waals surface area (Å²) in [6, 6.07) is 24.0. The van der Waals surface area contributed by atoms with Crippen LogP contribution in [0.2, 0.25) is 0 Å². The van der Waals surface area contributed by atoms with Crippen LogP contribution >= 0.6 is 0 Å². The highest BCUT2D eigenvalue weighted by molar-refractivity contribution is 6.11. The second-order valence-corrected chi connectivity index (χ2v) is 6.10. The Morgan fingerprint density at radius 3 is 2.19 bits per heavy atom. The minimum Gasteiger partial charge on any atom is -0.322 e. The van der Waals surface area contributed by atoms with Gasteiger partial charge in [-0.25, -0.2) is 0 Å². The Morgan fingerprint density at radius 1 is 0.778 bits per heavy atom. The van der Waals surface area contributed by atoms with Crippen LogP contribution in [-0.2, 0) is 4.79 Å². The number of aryl methyl sites for hydroxylation is 1. The van der Waals surface area contributed by atoms with Gasteiger partial charge in [0.2, 0.25) is 5.91 Å². The quantitative estimate of drug-likeness (QED) is 0.639. The van der Waals surface area contributed by atoms with Gasteiger partial charge in [0.25, 0.3) is 5.91 Å². The number of para-hydroxylation sites is 2. The molecule has 27 heavy (non-hydrogen) atoms. The lowest BCUT2D eigenvalue weighted by atomic mass is 10.1. The molecule has 0 heterocycles. The lowest BCUT2D eigenvalue weighted by Gasteiger charge is -2.10. The monoisotopic (exact) mass is 356 g/mol. The summed E-state index contributed by atoms with van der Waals surface area (Å²) in [5.41, 5.74) is 3.66. The number of nitrogens with one attached hydrogen (secondary N) is 2. The van der Waals surface area contributed by atoms with E-state index in [9.17, 15) is 9.59 Å². The van der Waals surface area contributed by atoms with E-state index in [1.54, 1.807) is 30.3 Å². The third-order valence-corrected chi connectivity index (χ3v) is 3.97. The molecule has 2 amide bonds. The molecule has 3 rings (SSSR count). The summed E-state index contributed by atoms with van der Waals surface area (Å²) in [7, 11) is 0. The van der Waals surface area contributed by atoms with Crippen molar-refractivity contribution in [2.45, 2.75) is 6.92 Å². The van der Waals surface area contributed by atoms with E-state index in [1.165, 1.54) is 6.08 Å². The van der Waals surface area contributed by atoms with Crippen molar-refractivity contribution >= 4 is 29.3 Å². The lowest BCUT2D eigenvalue weighted by molar-refractivity contribution is -0.111. The highest BCUT2D eigenvalue weighted by Crippen LogP contribution is 2.17. The first-order chi connectivity index (χ1) is 13.1. The van der Waals surface area contributed by atoms with Crippen LogP contribution in [0.3, 0.4) is 0 Å². The highest BCUT2D eigenvalue weighted by atomic mass is 16.2. The van der Waals surface area contributed by atoms with Crippen molar-refractivity contribution < 1.29 is 9.59 Å². The number of carbonyl (C=O) groups excluding carboxylic acids is 2. The van der Waals surface area contributed by atoms with E-state index in [2.05, 4.69) is 10.6 Å². The Hall–Kier alpha value is -3.66. The molecule has 0 aliphatic rings. The van der Waals surface area contributed by atoms with Crippen LogP contribution in [0.4, 0.5) is 11.4 Å². The molecule has 4 nitrogen and oxygen atoms in total. The molecule has 3 aromatic carbocycles. The van der Waals surface area contributed by atoms with Crippen LogP contribution in [0.25, 0.3) is 6.08 Å². The number of carbonyl (C=O) groups is 2. The van der Waals surface area contributed by atoms with Gasteiger partial charge >= 0.3 is 0 Å². The highest BCUT2D eigenvalue weighted by Gasteiger charge is 2.12. The van der Waals surface area contributed by atoms with Crippen LogP contribution in [0.15, 0.2) is 84.9 Å². The lowest BCUT2D eigenvalue weighted by Crippen LogP contribution is -2.16. The molecule has 0 aromatic heterocycles. The van der Waals surface area contributed by atoms with E-state index in [0.29, 0.717) is 16.9 Å². The van der Waals surface area contributed by atoms with Crippen molar-refractivity contribution in [3.8, 4) is 0 Å². The minimum absolute atomic E-state index is 0.278. The number of rotatable bonds is 5. The van der Waals surface area contributed by atoms with Gasteiger partial charge in [0, 0.05) is 11.8 Å². The fourth-order valence-electron chi connectivity index (χ4n) is 2.53. The summed E-state index contributed by atoms with van der Waals surface area (Å²) >= 11 is 0. The number of benzene rings is 3. The van der Waals surface area contributed by atoms with E-state index < -0.39 is 0 Å². The third kappa shape index (κ3) is 5.16. The second kappa shape index (κ2) is 8.63. The maximum Gasteiger partial charge on any atom is 0.257 e. The zero-order valence-electron chi connectivity index (χ0n) is 15.0. The smallest absolute Gasteiger partial charge is 0.257 e. The molecular formula is C23H20N2O2. The SMILES string of the molecule is Cc1ccc(C=CC(=O)Nc2ccccc2C(=O)Nc2ccccc2)cc1. The van der Waals surface area contributed by atoms with Crippen molar-refractivity contribution in [2.75, 3.05) is 10.6 Å². The molecule has 0 unspecified atom stereocenters. The second-order valence-electron chi connectivity index (χ2n) is 6.10. The summed E-state index contributed by atoms with van der Waals surface area (Å²) in [6.45, 7) is 2.01. The standard InChI is InChI=1S/C23H20N2O2/c1-17-11-13-18(14-12-17)15-16-22(26)25-21-10-6-5-9-20(21)23(27)24-19-7-3-2-4-8-19/h2-16H,1H3,(H,24,27)(H,25,26). The van der Waals surface area contributed by atoms with E-state index in [4.69, 9.17) is 0 Å². The molecule has 2 N–H and O–H groups in total. The summed E-state index contributed by atoms with van der Waals surface area (Å²) in [6.07, 6.45) is 3.19. The first kappa shape index (κ1) is 18.1. The van der Waals surface area contributed by atoms with Gasteiger partial charge in [0.1, 0.15) is 0 Å². The summed E-state index contributed by atoms with van der Waals surface area (Å²) in [4.78, 5) is 24.8. The van der Waals surface area contributed by atoms with Crippen LogP contribution < -0.4 is 10.6 Å².